The number of imidazole rings is 1. The highest BCUT2D eigenvalue weighted by Gasteiger charge is 2.43. The first kappa shape index (κ1) is 28.1. The second kappa shape index (κ2) is 12.4. The van der Waals surface area contributed by atoms with Gasteiger partial charge in [-0.05, 0) is 50.7 Å². The van der Waals surface area contributed by atoms with Crippen LogP contribution in [0, 0.1) is 11.2 Å². The van der Waals surface area contributed by atoms with Gasteiger partial charge in [0.25, 0.3) is 0 Å². The molecule has 214 valence electrons. The molecular formula is C28H36FN7O4. The van der Waals surface area contributed by atoms with Crippen molar-refractivity contribution in [1.82, 2.24) is 29.7 Å². The first-order chi connectivity index (χ1) is 19.4. The molecule has 3 aromatic rings. The standard InChI is InChI=1S/C28H36FN7O4/c1-28(26(37)36-14-12-35(2)13-15-36)17-39-25(40-18-28)24-33-22(19-5-7-20(29)8-6-19)23(34-24)21-9-11-31-27(32-21)30-10-4-16-38-3/h5-9,11,25H,4,10,12-18H2,1-3H3,(H,33,34)(H,30,31,32). The number of aromatic amines is 1. The summed E-state index contributed by atoms with van der Waals surface area (Å²) in [5.74, 6) is 0.612. The number of benzene rings is 1. The highest BCUT2D eigenvalue weighted by Crippen LogP contribution is 2.36. The van der Waals surface area contributed by atoms with Crippen LogP contribution in [0.5, 0.6) is 0 Å². The molecule has 2 saturated heterocycles. The topological polar surface area (TPSA) is 118 Å². The van der Waals surface area contributed by atoms with E-state index in [4.69, 9.17) is 19.2 Å². The zero-order valence-corrected chi connectivity index (χ0v) is 23.2. The Morgan fingerprint density at radius 1 is 1.15 bits per heavy atom. The number of piperazine rings is 1. The van der Waals surface area contributed by atoms with Crippen LogP contribution in [0.25, 0.3) is 22.6 Å². The molecule has 1 aromatic carbocycles. The van der Waals surface area contributed by atoms with E-state index >= 15 is 0 Å². The van der Waals surface area contributed by atoms with E-state index in [1.807, 2.05) is 11.8 Å². The molecule has 4 heterocycles. The molecule has 5 rings (SSSR count). The molecule has 11 nitrogen and oxygen atoms in total. The number of hydrogen-bond donors (Lipinski definition) is 2. The van der Waals surface area contributed by atoms with Crippen molar-refractivity contribution in [3.05, 3.63) is 48.2 Å². The molecule has 2 aliphatic rings. The van der Waals surface area contributed by atoms with Crippen molar-refractivity contribution < 1.29 is 23.4 Å². The highest BCUT2D eigenvalue weighted by molar-refractivity contribution is 5.83. The van der Waals surface area contributed by atoms with E-state index in [9.17, 15) is 9.18 Å². The summed E-state index contributed by atoms with van der Waals surface area (Å²) in [6, 6.07) is 7.88. The number of ether oxygens (including phenoxy) is 3. The number of carbonyl (C=O) groups excluding carboxylic acids is 1. The maximum atomic E-state index is 13.7. The van der Waals surface area contributed by atoms with Crippen molar-refractivity contribution in [3.8, 4) is 22.6 Å². The normalized spacial score (nSPS) is 21.9. The third-order valence-corrected chi connectivity index (χ3v) is 7.20. The second-order valence-electron chi connectivity index (χ2n) is 10.5. The van der Waals surface area contributed by atoms with Crippen LogP contribution in [0.2, 0.25) is 0 Å². The largest absolute Gasteiger partial charge is 0.385 e. The molecule has 1 amide bonds. The van der Waals surface area contributed by atoms with Crippen molar-refractivity contribution >= 4 is 11.9 Å². The van der Waals surface area contributed by atoms with E-state index in [0.29, 0.717) is 60.7 Å². The number of aromatic nitrogens is 4. The van der Waals surface area contributed by atoms with Gasteiger partial charge in [0, 0.05) is 58.2 Å². The zero-order valence-electron chi connectivity index (χ0n) is 23.2. The molecule has 0 unspecified atom stereocenters. The molecule has 2 aliphatic heterocycles. The third kappa shape index (κ3) is 6.30. The average molecular weight is 554 g/mol. The number of nitrogens with zero attached hydrogens (tertiary/aromatic N) is 5. The number of H-pyrrole nitrogens is 1. The molecule has 0 spiro atoms. The average Bonchev–Trinajstić information content (AvgIpc) is 3.42. The molecule has 0 radical (unpaired) electrons. The van der Waals surface area contributed by atoms with E-state index in [2.05, 4.69) is 32.2 Å². The first-order valence-electron chi connectivity index (χ1n) is 13.5. The maximum absolute atomic E-state index is 13.7. The number of halogens is 1. The lowest BCUT2D eigenvalue weighted by molar-refractivity contribution is -0.234. The molecule has 0 bridgehead atoms. The lowest BCUT2D eigenvalue weighted by Crippen LogP contribution is -2.55. The number of carbonyl (C=O) groups is 1. The van der Waals surface area contributed by atoms with E-state index in [0.717, 1.165) is 19.5 Å². The Hall–Kier alpha value is -3.45. The van der Waals surface area contributed by atoms with Gasteiger partial charge in [-0.1, -0.05) is 0 Å². The highest BCUT2D eigenvalue weighted by atomic mass is 19.1. The van der Waals surface area contributed by atoms with Gasteiger partial charge in [0.1, 0.15) is 5.82 Å². The Bertz CT molecular complexity index is 1290. The number of hydrogen-bond acceptors (Lipinski definition) is 9. The SMILES string of the molecule is COCCCNc1nccc(-c2[nH]c(C3OCC(C)(C(=O)N4CCN(C)CC4)CO3)nc2-c2ccc(F)cc2)n1. The van der Waals surface area contributed by atoms with Gasteiger partial charge in [0.05, 0.1) is 35.7 Å². The van der Waals surface area contributed by atoms with Crippen LogP contribution in [-0.2, 0) is 19.0 Å². The first-order valence-corrected chi connectivity index (χ1v) is 13.5. The Balaban J connectivity index is 1.36. The summed E-state index contributed by atoms with van der Waals surface area (Å²) >= 11 is 0. The molecule has 12 heteroatoms. The Kier molecular flexibility index (Phi) is 8.69. The van der Waals surface area contributed by atoms with Gasteiger partial charge < -0.3 is 34.3 Å². The number of likely N-dealkylation sites (N-methyl/N-ethyl adjacent to an activating group) is 1. The molecule has 0 aliphatic carbocycles. The maximum Gasteiger partial charge on any atom is 0.233 e. The van der Waals surface area contributed by atoms with E-state index in [-0.39, 0.29) is 24.9 Å². The Morgan fingerprint density at radius 3 is 2.58 bits per heavy atom. The van der Waals surface area contributed by atoms with E-state index in [1.54, 1.807) is 31.5 Å². The van der Waals surface area contributed by atoms with Crippen molar-refractivity contribution in [1.29, 1.82) is 0 Å². The number of methoxy groups -OCH3 is 1. The lowest BCUT2D eigenvalue weighted by Gasteiger charge is -2.41. The van der Waals surface area contributed by atoms with Crippen molar-refractivity contribution in [3.63, 3.8) is 0 Å². The van der Waals surface area contributed by atoms with Crippen molar-refractivity contribution in [2.24, 2.45) is 5.41 Å². The predicted octanol–water partition coefficient (Wildman–Crippen LogP) is 2.95. The fraction of sp³-hybridized carbons (Fsp3) is 0.500. The summed E-state index contributed by atoms with van der Waals surface area (Å²) in [6.07, 6.45) is 1.68. The summed E-state index contributed by atoms with van der Waals surface area (Å²) in [6.45, 7) is 6.66. The molecule has 0 atom stereocenters. The molecule has 40 heavy (non-hydrogen) atoms. The van der Waals surface area contributed by atoms with Crippen LogP contribution in [0.4, 0.5) is 10.3 Å². The zero-order chi connectivity index (χ0) is 28.1. The van der Waals surface area contributed by atoms with Crippen LogP contribution >= 0.6 is 0 Å². The third-order valence-electron chi connectivity index (χ3n) is 7.20. The second-order valence-corrected chi connectivity index (χ2v) is 10.5. The summed E-state index contributed by atoms with van der Waals surface area (Å²) in [7, 11) is 3.72. The van der Waals surface area contributed by atoms with Gasteiger partial charge in [0.15, 0.2) is 5.82 Å². The van der Waals surface area contributed by atoms with Gasteiger partial charge >= 0.3 is 0 Å². The van der Waals surface area contributed by atoms with Crippen molar-refractivity contribution in [2.45, 2.75) is 19.6 Å². The quantitative estimate of drug-likeness (QED) is 0.386. The molecule has 2 fully saturated rings. The van der Waals surface area contributed by atoms with Crippen LogP contribution in [0.15, 0.2) is 36.5 Å². The Labute approximate surface area is 233 Å². The van der Waals surface area contributed by atoms with Crippen LogP contribution in [-0.4, -0.2) is 102 Å². The number of rotatable bonds is 9. The van der Waals surface area contributed by atoms with Gasteiger partial charge in [-0.15, -0.1) is 0 Å². The van der Waals surface area contributed by atoms with Gasteiger partial charge in [-0.3, -0.25) is 4.79 Å². The van der Waals surface area contributed by atoms with Crippen LogP contribution < -0.4 is 5.32 Å². The molecule has 2 aromatic heterocycles. The minimum absolute atomic E-state index is 0.0395. The van der Waals surface area contributed by atoms with E-state index in [1.165, 1.54) is 12.1 Å². The molecule has 0 saturated carbocycles. The molecular weight excluding hydrogens is 517 g/mol. The molecule has 2 N–H and O–H groups in total. The Morgan fingerprint density at radius 2 is 1.88 bits per heavy atom. The fourth-order valence-corrected chi connectivity index (χ4v) is 4.79. The summed E-state index contributed by atoms with van der Waals surface area (Å²) in [5.41, 5.74) is 1.73. The minimum Gasteiger partial charge on any atom is -0.385 e. The monoisotopic (exact) mass is 553 g/mol. The predicted molar refractivity (Wildman–Crippen MR) is 147 cm³/mol. The number of amides is 1. The van der Waals surface area contributed by atoms with Gasteiger partial charge in [-0.2, -0.15) is 0 Å². The summed E-state index contributed by atoms with van der Waals surface area (Å²) < 4.78 is 31.0. The number of anilines is 1. The lowest BCUT2D eigenvalue weighted by atomic mass is 9.90. The smallest absolute Gasteiger partial charge is 0.233 e. The number of nitrogens with one attached hydrogen (secondary N) is 2. The minimum atomic E-state index is -0.796. The summed E-state index contributed by atoms with van der Waals surface area (Å²) in [4.78, 5) is 34.5. The van der Waals surface area contributed by atoms with Crippen LogP contribution in [0.3, 0.4) is 0 Å². The summed E-state index contributed by atoms with van der Waals surface area (Å²) in [5, 5.41) is 3.20. The van der Waals surface area contributed by atoms with E-state index < -0.39 is 11.7 Å². The van der Waals surface area contributed by atoms with Crippen LogP contribution in [0.1, 0.15) is 25.5 Å². The fourth-order valence-electron chi connectivity index (χ4n) is 4.79. The van der Waals surface area contributed by atoms with Gasteiger partial charge in [0.2, 0.25) is 18.1 Å². The van der Waals surface area contributed by atoms with Gasteiger partial charge in [-0.25, -0.2) is 19.3 Å². The van der Waals surface area contributed by atoms with Crippen molar-refractivity contribution in [2.75, 3.05) is 72.0 Å².